The predicted octanol–water partition coefficient (Wildman–Crippen LogP) is 4.01. The van der Waals surface area contributed by atoms with E-state index in [0.29, 0.717) is 10.7 Å². The second kappa shape index (κ2) is 5.21. The zero-order valence-corrected chi connectivity index (χ0v) is 12.4. The maximum Gasteiger partial charge on any atom is 0.362 e. The number of rotatable bonds is 3. The van der Waals surface area contributed by atoms with E-state index in [1.54, 1.807) is 18.3 Å². The van der Waals surface area contributed by atoms with Crippen LogP contribution in [-0.2, 0) is 0 Å². The van der Waals surface area contributed by atoms with Crippen LogP contribution in [0.15, 0.2) is 52.5 Å². The van der Waals surface area contributed by atoms with Crippen molar-refractivity contribution in [1.82, 2.24) is 9.38 Å². The molecule has 0 spiro atoms. The normalized spacial score (nSPS) is 11.0. The number of fused-ring (bicyclic) bond motifs is 1. The van der Waals surface area contributed by atoms with Crippen LogP contribution in [0.4, 0.5) is 5.82 Å². The number of pyridine rings is 1. The van der Waals surface area contributed by atoms with Crippen molar-refractivity contribution in [2.45, 2.75) is 23.8 Å². The van der Waals surface area contributed by atoms with Crippen LogP contribution in [0.5, 0.6) is 0 Å². The van der Waals surface area contributed by atoms with Gasteiger partial charge >= 0.3 is 5.82 Å². The van der Waals surface area contributed by atoms with Crippen LogP contribution in [0.25, 0.3) is 5.65 Å². The summed E-state index contributed by atoms with van der Waals surface area (Å²) in [5.74, 6) is 0.00817. The summed E-state index contributed by atoms with van der Waals surface area (Å²) in [5.41, 5.74) is 2.94. The van der Waals surface area contributed by atoms with Gasteiger partial charge in [-0.05, 0) is 48.1 Å². The highest BCUT2D eigenvalue weighted by Gasteiger charge is 2.23. The molecule has 0 bridgehead atoms. The van der Waals surface area contributed by atoms with Gasteiger partial charge in [-0.3, -0.25) is 0 Å². The zero-order chi connectivity index (χ0) is 15.0. The average molecular weight is 299 g/mol. The van der Waals surface area contributed by atoms with Crippen LogP contribution in [-0.4, -0.2) is 14.3 Å². The summed E-state index contributed by atoms with van der Waals surface area (Å²) in [6.07, 6.45) is 1.66. The molecular weight excluding hydrogens is 286 g/mol. The Morgan fingerprint density at radius 2 is 2.00 bits per heavy atom. The number of aryl methyl sites for hydroxylation is 2. The van der Waals surface area contributed by atoms with E-state index in [1.807, 2.05) is 38.1 Å². The summed E-state index contributed by atoms with van der Waals surface area (Å²) < 4.78 is 1.50. The highest BCUT2D eigenvalue weighted by molar-refractivity contribution is 7.99. The summed E-state index contributed by atoms with van der Waals surface area (Å²) in [6.45, 7) is 4.06. The Bertz CT molecular complexity index is 842. The monoisotopic (exact) mass is 299 g/mol. The van der Waals surface area contributed by atoms with Gasteiger partial charge in [0.05, 0.1) is 6.20 Å². The Kier molecular flexibility index (Phi) is 3.39. The maximum atomic E-state index is 11.3. The summed E-state index contributed by atoms with van der Waals surface area (Å²) in [6, 6.07) is 11.3. The van der Waals surface area contributed by atoms with Gasteiger partial charge in [-0.25, -0.2) is 0 Å². The van der Waals surface area contributed by atoms with Crippen molar-refractivity contribution in [2.75, 3.05) is 0 Å². The van der Waals surface area contributed by atoms with Gasteiger partial charge in [-0.1, -0.05) is 23.9 Å². The van der Waals surface area contributed by atoms with Crippen LogP contribution in [0.2, 0.25) is 0 Å². The standard InChI is InChI=1S/C15H13N3O2S/c1-10-6-7-12(9-11(10)2)21-14-15(18(19)20)17-8-4-3-5-13(17)16-14/h3-9H,1-2H3. The third-order valence-electron chi connectivity index (χ3n) is 3.34. The highest BCUT2D eigenvalue weighted by Crippen LogP contribution is 2.35. The fourth-order valence-corrected chi connectivity index (χ4v) is 3.08. The van der Waals surface area contributed by atoms with Crippen LogP contribution < -0.4 is 0 Å². The third kappa shape index (κ3) is 2.50. The van der Waals surface area contributed by atoms with E-state index in [2.05, 4.69) is 4.98 Å². The first kappa shape index (κ1) is 13.6. The van der Waals surface area contributed by atoms with Gasteiger partial charge in [-0.2, -0.15) is 9.38 Å². The molecule has 0 atom stereocenters. The number of hydrogen-bond acceptors (Lipinski definition) is 4. The van der Waals surface area contributed by atoms with Crippen molar-refractivity contribution in [1.29, 1.82) is 0 Å². The quantitative estimate of drug-likeness (QED) is 0.541. The molecule has 2 heterocycles. The number of aromatic nitrogens is 2. The molecule has 3 aromatic rings. The van der Waals surface area contributed by atoms with Crippen molar-refractivity contribution >= 4 is 23.2 Å². The largest absolute Gasteiger partial charge is 0.362 e. The fraction of sp³-hybridized carbons (Fsp3) is 0.133. The molecule has 2 aromatic heterocycles. The van der Waals surface area contributed by atoms with Crippen molar-refractivity contribution in [3.8, 4) is 0 Å². The number of hydrogen-bond donors (Lipinski definition) is 0. The first-order valence-electron chi connectivity index (χ1n) is 6.43. The molecule has 0 aliphatic rings. The van der Waals surface area contributed by atoms with Crippen LogP contribution in [0.3, 0.4) is 0 Å². The van der Waals surface area contributed by atoms with E-state index in [9.17, 15) is 10.1 Å². The van der Waals surface area contributed by atoms with Gasteiger partial charge < -0.3 is 10.1 Å². The molecule has 0 saturated carbocycles. The number of nitro groups is 1. The first-order valence-corrected chi connectivity index (χ1v) is 7.24. The van der Waals surface area contributed by atoms with Crippen molar-refractivity contribution in [2.24, 2.45) is 0 Å². The Morgan fingerprint density at radius 3 is 2.71 bits per heavy atom. The second-order valence-corrected chi connectivity index (χ2v) is 5.84. The van der Waals surface area contributed by atoms with Crippen LogP contribution >= 0.6 is 11.8 Å². The molecule has 0 amide bonds. The van der Waals surface area contributed by atoms with Gasteiger partial charge in [0.15, 0.2) is 5.03 Å². The van der Waals surface area contributed by atoms with Gasteiger partial charge in [0.1, 0.15) is 0 Å². The van der Waals surface area contributed by atoms with E-state index in [-0.39, 0.29) is 10.7 Å². The lowest BCUT2D eigenvalue weighted by molar-refractivity contribution is -0.393. The Hall–Kier alpha value is -2.34. The molecule has 0 fully saturated rings. The Balaban J connectivity index is 2.09. The lowest BCUT2D eigenvalue weighted by Crippen LogP contribution is -1.94. The minimum atomic E-state index is -0.386. The lowest BCUT2D eigenvalue weighted by atomic mass is 10.1. The molecule has 0 radical (unpaired) electrons. The molecule has 0 aliphatic heterocycles. The molecule has 0 aliphatic carbocycles. The van der Waals surface area contributed by atoms with Gasteiger partial charge in [0, 0.05) is 11.0 Å². The van der Waals surface area contributed by atoms with Gasteiger partial charge in [-0.15, -0.1) is 0 Å². The molecule has 6 heteroatoms. The molecule has 5 nitrogen and oxygen atoms in total. The van der Waals surface area contributed by atoms with E-state index in [4.69, 9.17) is 0 Å². The van der Waals surface area contributed by atoms with Crippen molar-refractivity contribution in [3.63, 3.8) is 0 Å². The molecule has 0 N–H and O–H groups in total. The molecule has 106 valence electrons. The molecule has 0 unspecified atom stereocenters. The topological polar surface area (TPSA) is 60.4 Å². The summed E-state index contributed by atoms with van der Waals surface area (Å²) in [5, 5.41) is 11.8. The van der Waals surface area contributed by atoms with Crippen LogP contribution in [0, 0.1) is 24.0 Å². The third-order valence-corrected chi connectivity index (χ3v) is 4.30. The summed E-state index contributed by atoms with van der Waals surface area (Å²) in [4.78, 5) is 16.3. The second-order valence-electron chi connectivity index (χ2n) is 4.77. The Labute approximate surface area is 125 Å². The number of nitrogens with zero attached hydrogens (tertiary/aromatic N) is 3. The molecule has 1 aromatic carbocycles. The minimum Gasteiger partial charge on any atom is -0.358 e. The molecular formula is C15H13N3O2S. The summed E-state index contributed by atoms with van der Waals surface area (Å²) in [7, 11) is 0. The average Bonchev–Trinajstić information content (AvgIpc) is 2.80. The SMILES string of the molecule is Cc1ccc(Sc2nc3ccccn3c2[N+](=O)[O-])cc1C. The Morgan fingerprint density at radius 1 is 1.19 bits per heavy atom. The number of benzene rings is 1. The highest BCUT2D eigenvalue weighted by atomic mass is 32.2. The first-order chi connectivity index (χ1) is 10.1. The smallest absolute Gasteiger partial charge is 0.358 e. The van der Waals surface area contributed by atoms with Crippen LogP contribution in [0.1, 0.15) is 11.1 Å². The molecule has 3 rings (SSSR count). The molecule has 21 heavy (non-hydrogen) atoms. The lowest BCUT2D eigenvalue weighted by Gasteiger charge is -2.03. The van der Waals surface area contributed by atoms with Gasteiger partial charge in [0.25, 0.3) is 0 Å². The predicted molar refractivity (Wildman–Crippen MR) is 81.9 cm³/mol. The van der Waals surface area contributed by atoms with Crippen molar-refractivity contribution < 1.29 is 4.92 Å². The summed E-state index contributed by atoms with van der Waals surface area (Å²) >= 11 is 1.32. The minimum absolute atomic E-state index is 0.00817. The van der Waals surface area contributed by atoms with E-state index in [1.165, 1.54) is 21.7 Å². The van der Waals surface area contributed by atoms with Crippen molar-refractivity contribution in [3.05, 3.63) is 63.8 Å². The zero-order valence-electron chi connectivity index (χ0n) is 11.6. The van der Waals surface area contributed by atoms with E-state index in [0.717, 1.165) is 10.5 Å². The fourth-order valence-electron chi connectivity index (χ4n) is 2.08. The van der Waals surface area contributed by atoms with E-state index < -0.39 is 0 Å². The molecule has 0 saturated heterocycles. The maximum absolute atomic E-state index is 11.3. The van der Waals surface area contributed by atoms with Gasteiger partial charge in [0.2, 0.25) is 5.65 Å². The number of imidazole rings is 1. The van der Waals surface area contributed by atoms with E-state index >= 15 is 0 Å².